The van der Waals surface area contributed by atoms with E-state index in [9.17, 15) is 8.78 Å². The van der Waals surface area contributed by atoms with Gasteiger partial charge in [-0.15, -0.1) is 11.8 Å². The van der Waals surface area contributed by atoms with Gasteiger partial charge in [-0.1, -0.05) is 19.8 Å². The molecule has 0 spiro atoms. The van der Waals surface area contributed by atoms with Crippen LogP contribution >= 0.6 is 11.8 Å². The number of nitrogens with zero attached hydrogens (tertiary/aromatic N) is 1. The molecular weight excluding hydrogens is 232 g/mol. The molecule has 1 aromatic heterocycles. The molecule has 0 aliphatic carbocycles. The highest BCUT2D eigenvalue weighted by Crippen LogP contribution is 2.24. The largest absolute Gasteiger partial charge is 0.306 e. The Morgan fingerprint density at radius 2 is 2.12 bits per heavy atom. The lowest BCUT2D eigenvalue weighted by atomic mass is 10.3. The number of hydrogen-bond acceptors (Lipinski definition) is 4. The number of thioether (sulfide) groups is 1. The number of nitrogens with one attached hydrogen (secondary N) is 1. The van der Waals surface area contributed by atoms with E-state index in [1.54, 1.807) is 0 Å². The van der Waals surface area contributed by atoms with Gasteiger partial charge >= 0.3 is 0 Å². The maximum Gasteiger partial charge on any atom is 0.177 e. The van der Waals surface area contributed by atoms with E-state index in [1.807, 2.05) is 0 Å². The smallest absolute Gasteiger partial charge is 0.177 e. The Morgan fingerprint density at radius 3 is 2.75 bits per heavy atom. The zero-order chi connectivity index (χ0) is 12.0. The minimum atomic E-state index is -0.780. The fourth-order valence-electron chi connectivity index (χ4n) is 1.17. The average Bonchev–Trinajstić information content (AvgIpc) is 2.27. The fraction of sp³-hybridized carbons (Fsp3) is 0.500. The van der Waals surface area contributed by atoms with Crippen molar-refractivity contribution in [1.29, 1.82) is 0 Å². The second kappa shape index (κ2) is 6.65. The van der Waals surface area contributed by atoms with E-state index in [1.165, 1.54) is 11.8 Å². The predicted molar refractivity (Wildman–Crippen MR) is 62.2 cm³/mol. The van der Waals surface area contributed by atoms with Crippen LogP contribution in [0.3, 0.4) is 0 Å². The SMILES string of the molecule is CCCCCSc1nc(NN)c(F)cc1F. The van der Waals surface area contributed by atoms with Crippen molar-refractivity contribution in [2.24, 2.45) is 5.84 Å². The van der Waals surface area contributed by atoms with Crippen molar-refractivity contribution in [3.8, 4) is 0 Å². The monoisotopic (exact) mass is 247 g/mol. The summed E-state index contributed by atoms with van der Waals surface area (Å²) in [6.45, 7) is 2.10. The summed E-state index contributed by atoms with van der Waals surface area (Å²) in [7, 11) is 0. The predicted octanol–water partition coefficient (Wildman–Crippen LogP) is 2.93. The molecule has 1 aromatic rings. The van der Waals surface area contributed by atoms with Crippen molar-refractivity contribution in [2.75, 3.05) is 11.2 Å². The number of halogens is 2. The number of aromatic nitrogens is 1. The number of anilines is 1. The van der Waals surface area contributed by atoms with E-state index in [0.717, 1.165) is 31.1 Å². The van der Waals surface area contributed by atoms with Crippen LogP contribution in [-0.4, -0.2) is 10.7 Å². The fourth-order valence-corrected chi connectivity index (χ4v) is 2.07. The number of nitrogen functional groups attached to an aromatic ring is 1. The summed E-state index contributed by atoms with van der Waals surface area (Å²) in [5, 5.41) is 0.186. The van der Waals surface area contributed by atoms with Crippen LogP contribution in [0, 0.1) is 11.6 Å². The third-order valence-electron chi connectivity index (χ3n) is 2.02. The third kappa shape index (κ3) is 3.61. The highest BCUT2D eigenvalue weighted by molar-refractivity contribution is 7.99. The summed E-state index contributed by atoms with van der Waals surface area (Å²) in [6.07, 6.45) is 3.19. The van der Waals surface area contributed by atoms with Crippen molar-refractivity contribution in [3.05, 3.63) is 17.7 Å². The van der Waals surface area contributed by atoms with Crippen molar-refractivity contribution in [2.45, 2.75) is 31.2 Å². The maximum absolute atomic E-state index is 13.3. The van der Waals surface area contributed by atoms with Crippen LogP contribution in [0.5, 0.6) is 0 Å². The molecule has 3 N–H and O–H groups in total. The number of hydrogen-bond donors (Lipinski definition) is 2. The normalized spacial score (nSPS) is 10.5. The Morgan fingerprint density at radius 1 is 1.38 bits per heavy atom. The van der Waals surface area contributed by atoms with E-state index in [4.69, 9.17) is 5.84 Å². The van der Waals surface area contributed by atoms with Gasteiger partial charge in [-0.2, -0.15) is 0 Å². The minimum Gasteiger partial charge on any atom is -0.306 e. The first kappa shape index (κ1) is 13.2. The molecule has 0 aliphatic heterocycles. The summed E-state index contributed by atoms with van der Waals surface area (Å²) in [5.41, 5.74) is 2.10. The van der Waals surface area contributed by atoms with Crippen molar-refractivity contribution in [3.63, 3.8) is 0 Å². The van der Waals surface area contributed by atoms with Gasteiger partial charge in [0.2, 0.25) is 0 Å². The molecule has 3 nitrogen and oxygen atoms in total. The quantitative estimate of drug-likeness (QED) is 0.351. The van der Waals surface area contributed by atoms with Crippen LogP contribution in [0.25, 0.3) is 0 Å². The summed E-state index contributed by atoms with van der Waals surface area (Å²) in [6, 6.07) is 0.796. The Bertz CT molecular complexity index is 347. The molecule has 0 saturated heterocycles. The van der Waals surface area contributed by atoms with Crippen LogP contribution < -0.4 is 11.3 Å². The molecule has 0 aliphatic rings. The number of unbranched alkanes of at least 4 members (excludes halogenated alkanes) is 2. The molecule has 16 heavy (non-hydrogen) atoms. The van der Waals surface area contributed by atoms with Gasteiger partial charge in [0.15, 0.2) is 17.5 Å². The van der Waals surface area contributed by atoms with Gasteiger partial charge in [-0.3, -0.25) is 0 Å². The number of hydrazine groups is 1. The summed E-state index contributed by atoms with van der Waals surface area (Å²) in [4.78, 5) is 3.76. The number of pyridine rings is 1. The van der Waals surface area contributed by atoms with Gasteiger partial charge < -0.3 is 5.43 Å². The van der Waals surface area contributed by atoms with Gasteiger partial charge in [-0.25, -0.2) is 19.6 Å². The molecule has 0 atom stereocenters. The van der Waals surface area contributed by atoms with Gasteiger partial charge in [0.25, 0.3) is 0 Å². The average molecular weight is 247 g/mol. The molecule has 0 unspecified atom stereocenters. The highest BCUT2D eigenvalue weighted by Gasteiger charge is 2.11. The highest BCUT2D eigenvalue weighted by atomic mass is 32.2. The Hall–Kier alpha value is -0.880. The lowest BCUT2D eigenvalue weighted by molar-refractivity contribution is 0.551. The van der Waals surface area contributed by atoms with Crippen LogP contribution in [0.2, 0.25) is 0 Å². The molecule has 1 heterocycles. The van der Waals surface area contributed by atoms with Crippen LogP contribution in [0.4, 0.5) is 14.6 Å². The molecule has 0 amide bonds. The van der Waals surface area contributed by atoms with Gasteiger partial charge in [0, 0.05) is 6.07 Å². The Labute approximate surface area is 97.8 Å². The molecule has 0 bridgehead atoms. The van der Waals surface area contributed by atoms with Gasteiger partial charge in [-0.05, 0) is 12.2 Å². The molecular formula is C10H15F2N3S. The Kier molecular flexibility index (Phi) is 5.48. The second-order valence-electron chi connectivity index (χ2n) is 3.31. The van der Waals surface area contributed by atoms with Gasteiger partial charge in [0.1, 0.15) is 5.03 Å². The number of nitrogens with two attached hydrogens (primary N) is 1. The first-order valence-corrected chi connectivity index (χ1v) is 6.13. The molecule has 0 saturated carbocycles. The maximum atomic E-state index is 13.3. The van der Waals surface area contributed by atoms with E-state index in [2.05, 4.69) is 17.3 Å². The summed E-state index contributed by atoms with van der Waals surface area (Å²) in [5.74, 6) is 4.29. The standard InChI is InChI=1S/C10H15F2N3S/c1-2-3-4-5-16-10-8(12)6-7(11)9(14-10)15-13/h6H,2-5,13H2,1H3,(H,14,15). The van der Waals surface area contributed by atoms with Crippen LogP contribution in [0.1, 0.15) is 26.2 Å². The third-order valence-corrected chi connectivity index (χ3v) is 3.07. The number of rotatable bonds is 6. The zero-order valence-corrected chi connectivity index (χ0v) is 9.91. The van der Waals surface area contributed by atoms with E-state index in [0.29, 0.717) is 0 Å². The van der Waals surface area contributed by atoms with Crippen LogP contribution in [-0.2, 0) is 0 Å². The van der Waals surface area contributed by atoms with Gasteiger partial charge in [0.05, 0.1) is 0 Å². The minimum absolute atomic E-state index is 0.126. The molecule has 90 valence electrons. The molecule has 0 radical (unpaired) electrons. The van der Waals surface area contributed by atoms with E-state index >= 15 is 0 Å². The van der Waals surface area contributed by atoms with Crippen LogP contribution in [0.15, 0.2) is 11.1 Å². The lowest BCUT2D eigenvalue weighted by Gasteiger charge is -2.06. The van der Waals surface area contributed by atoms with Crippen molar-refractivity contribution < 1.29 is 8.78 Å². The Balaban J connectivity index is 2.64. The summed E-state index contributed by atoms with van der Waals surface area (Å²) < 4.78 is 26.3. The molecule has 1 rings (SSSR count). The lowest BCUT2D eigenvalue weighted by Crippen LogP contribution is -2.11. The molecule has 0 fully saturated rings. The summed E-state index contributed by atoms with van der Waals surface area (Å²) >= 11 is 1.28. The van der Waals surface area contributed by atoms with Crippen molar-refractivity contribution in [1.82, 2.24) is 4.98 Å². The van der Waals surface area contributed by atoms with Crippen molar-refractivity contribution >= 4 is 17.6 Å². The molecule has 6 heteroatoms. The first-order valence-electron chi connectivity index (χ1n) is 5.14. The van der Waals surface area contributed by atoms with E-state index < -0.39 is 11.6 Å². The van der Waals surface area contributed by atoms with E-state index in [-0.39, 0.29) is 10.8 Å². The molecule has 0 aromatic carbocycles. The topological polar surface area (TPSA) is 50.9 Å². The zero-order valence-electron chi connectivity index (χ0n) is 9.09. The first-order chi connectivity index (χ1) is 7.69. The second-order valence-corrected chi connectivity index (χ2v) is 4.39.